The molecule has 8 nitrogen and oxygen atoms in total. The van der Waals surface area contributed by atoms with Crippen LogP contribution in [-0.4, -0.2) is 49.1 Å². The van der Waals surface area contributed by atoms with Crippen molar-refractivity contribution < 1.29 is 17.6 Å². The molecular formula is C20H24N4O4S. The van der Waals surface area contributed by atoms with Gasteiger partial charge < -0.3 is 9.73 Å². The van der Waals surface area contributed by atoms with Gasteiger partial charge in [-0.25, -0.2) is 12.7 Å². The van der Waals surface area contributed by atoms with Crippen LogP contribution in [0.5, 0.6) is 0 Å². The number of aromatic nitrogens is 2. The smallest absolute Gasteiger partial charge is 0.251 e. The molecule has 2 heterocycles. The van der Waals surface area contributed by atoms with Crippen molar-refractivity contribution >= 4 is 15.9 Å². The van der Waals surface area contributed by atoms with E-state index in [0.29, 0.717) is 11.3 Å². The van der Waals surface area contributed by atoms with E-state index >= 15 is 0 Å². The Morgan fingerprint density at radius 3 is 2.41 bits per heavy atom. The van der Waals surface area contributed by atoms with Gasteiger partial charge in [-0.15, -0.1) is 0 Å². The summed E-state index contributed by atoms with van der Waals surface area (Å²) in [6.45, 7) is 4.12. The fourth-order valence-corrected chi connectivity index (χ4v) is 3.93. The van der Waals surface area contributed by atoms with E-state index in [0.717, 1.165) is 15.7 Å². The minimum atomic E-state index is -3.54. The topological polar surface area (TPSA) is 97.4 Å². The molecule has 2 aromatic heterocycles. The summed E-state index contributed by atoms with van der Waals surface area (Å²) in [5.74, 6) is 0.376. The second-order valence-electron chi connectivity index (χ2n) is 6.92. The molecule has 29 heavy (non-hydrogen) atoms. The molecule has 3 aromatic rings. The number of amides is 1. The molecule has 9 heteroatoms. The maximum atomic E-state index is 12.6. The second-order valence-corrected chi connectivity index (χ2v) is 9.08. The van der Waals surface area contributed by atoms with Gasteiger partial charge in [-0.05, 0) is 56.3 Å². The molecule has 0 spiro atoms. The lowest BCUT2D eigenvalue weighted by Crippen LogP contribution is -2.32. The van der Waals surface area contributed by atoms with E-state index in [1.54, 1.807) is 12.3 Å². The average Bonchev–Trinajstić information content (AvgIpc) is 3.32. The first kappa shape index (κ1) is 20.8. The van der Waals surface area contributed by atoms with E-state index in [2.05, 4.69) is 10.4 Å². The number of sulfonamides is 1. The molecule has 1 amide bonds. The summed E-state index contributed by atoms with van der Waals surface area (Å²) in [5, 5.41) is 7.39. The van der Waals surface area contributed by atoms with Crippen LogP contribution in [-0.2, 0) is 10.0 Å². The summed E-state index contributed by atoms with van der Waals surface area (Å²) < 4.78 is 32.8. The van der Waals surface area contributed by atoms with Crippen LogP contribution in [0, 0.1) is 13.8 Å². The molecule has 0 aliphatic rings. The van der Waals surface area contributed by atoms with E-state index in [9.17, 15) is 13.2 Å². The Kier molecular flexibility index (Phi) is 5.90. The fraction of sp³-hybridized carbons (Fsp3) is 0.300. The Bertz CT molecular complexity index is 1080. The van der Waals surface area contributed by atoms with Gasteiger partial charge in [-0.2, -0.15) is 5.10 Å². The number of rotatable bonds is 7. The van der Waals surface area contributed by atoms with Crippen molar-refractivity contribution in [2.75, 3.05) is 20.6 Å². The van der Waals surface area contributed by atoms with Gasteiger partial charge in [0.15, 0.2) is 0 Å². The molecule has 0 aliphatic heterocycles. The van der Waals surface area contributed by atoms with Gasteiger partial charge in [0.2, 0.25) is 10.0 Å². The molecule has 1 atom stereocenters. The van der Waals surface area contributed by atoms with Crippen molar-refractivity contribution in [3.63, 3.8) is 0 Å². The predicted octanol–water partition coefficient (Wildman–Crippen LogP) is 2.36. The van der Waals surface area contributed by atoms with Gasteiger partial charge in [-0.1, -0.05) is 0 Å². The predicted molar refractivity (Wildman–Crippen MR) is 108 cm³/mol. The third kappa shape index (κ3) is 4.41. The Morgan fingerprint density at radius 1 is 1.21 bits per heavy atom. The van der Waals surface area contributed by atoms with E-state index < -0.39 is 10.0 Å². The highest BCUT2D eigenvalue weighted by Crippen LogP contribution is 2.21. The minimum absolute atomic E-state index is 0.134. The zero-order valence-corrected chi connectivity index (χ0v) is 17.6. The summed E-state index contributed by atoms with van der Waals surface area (Å²) in [7, 11) is -0.612. The lowest BCUT2D eigenvalue weighted by molar-refractivity contribution is 0.0948. The number of aryl methyl sites for hydroxylation is 2. The van der Waals surface area contributed by atoms with Crippen molar-refractivity contribution in [2.45, 2.75) is 24.8 Å². The molecule has 1 unspecified atom stereocenters. The number of carbonyl (C=O) groups excluding carboxylic acids is 1. The monoisotopic (exact) mass is 416 g/mol. The first-order valence-electron chi connectivity index (χ1n) is 9.07. The summed E-state index contributed by atoms with van der Waals surface area (Å²) in [5.41, 5.74) is 2.20. The molecule has 0 bridgehead atoms. The lowest BCUT2D eigenvalue weighted by Gasteiger charge is -2.18. The van der Waals surface area contributed by atoms with Crippen LogP contribution < -0.4 is 5.32 Å². The molecule has 0 fully saturated rings. The summed E-state index contributed by atoms with van der Waals surface area (Å²) in [4.78, 5) is 12.7. The summed E-state index contributed by atoms with van der Waals surface area (Å²) in [6.07, 6.45) is 1.58. The SMILES string of the molecule is Cc1cc(C)n(C(CNC(=O)c2ccc(S(=O)(=O)N(C)C)cc2)c2ccco2)n1. The number of nitrogens with one attached hydrogen (secondary N) is 1. The number of hydrogen-bond donors (Lipinski definition) is 1. The van der Waals surface area contributed by atoms with Crippen LogP contribution in [0.4, 0.5) is 0 Å². The van der Waals surface area contributed by atoms with E-state index in [4.69, 9.17) is 4.42 Å². The van der Waals surface area contributed by atoms with Crippen molar-refractivity contribution in [1.82, 2.24) is 19.4 Å². The van der Waals surface area contributed by atoms with Gasteiger partial charge in [0, 0.05) is 31.9 Å². The van der Waals surface area contributed by atoms with E-state index in [1.165, 1.54) is 38.4 Å². The number of hydrogen-bond acceptors (Lipinski definition) is 5. The Labute approximate surface area is 170 Å². The zero-order chi connectivity index (χ0) is 21.2. The zero-order valence-electron chi connectivity index (χ0n) is 16.8. The van der Waals surface area contributed by atoms with Crippen LogP contribution in [0.15, 0.2) is 58.0 Å². The van der Waals surface area contributed by atoms with Gasteiger partial charge >= 0.3 is 0 Å². The maximum absolute atomic E-state index is 12.6. The molecule has 0 aliphatic carbocycles. The Balaban J connectivity index is 1.76. The Morgan fingerprint density at radius 2 is 1.90 bits per heavy atom. The van der Waals surface area contributed by atoms with Crippen LogP contribution in [0.1, 0.15) is 33.5 Å². The highest BCUT2D eigenvalue weighted by atomic mass is 32.2. The number of nitrogens with zero attached hydrogens (tertiary/aromatic N) is 3. The summed E-state index contributed by atoms with van der Waals surface area (Å²) >= 11 is 0. The van der Waals surface area contributed by atoms with E-state index in [-0.39, 0.29) is 23.4 Å². The molecular weight excluding hydrogens is 392 g/mol. The van der Waals surface area contributed by atoms with Gasteiger partial charge in [0.1, 0.15) is 11.8 Å². The Hall–Kier alpha value is -2.91. The molecule has 154 valence electrons. The van der Waals surface area contributed by atoms with Crippen molar-refractivity contribution in [3.05, 3.63) is 71.4 Å². The quantitative estimate of drug-likeness (QED) is 0.638. The number of benzene rings is 1. The number of carbonyl (C=O) groups is 1. The first-order valence-corrected chi connectivity index (χ1v) is 10.5. The first-order chi connectivity index (χ1) is 13.7. The van der Waals surface area contributed by atoms with E-state index in [1.807, 2.05) is 30.7 Å². The largest absolute Gasteiger partial charge is 0.467 e. The number of furan rings is 1. The highest BCUT2D eigenvalue weighted by Gasteiger charge is 2.22. The van der Waals surface area contributed by atoms with Crippen LogP contribution in [0.3, 0.4) is 0 Å². The van der Waals surface area contributed by atoms with Crippen molar-refractivity contribution in [3.8, 4) is 0 Å². The minimum Gasteiger partial charge on any atom is -0.467 e. The molecule has 0 saturated heterocycles. The van der Waals surface area contributed by atoms with Gasteiger partial charge in [0.25, 0.3) is 5.91 Å². The molecule has 1 N–H and O–H groups in total. The maximum Gasteiger partial charge on any atom is 0.251 e. The lowest BCUT2D eigenvalue weighted by atomic mass is 10.2. The van der Waals surface area contributed by atoms with Crippen LogP contribution >= 0.6 is 0 Å². The average molecular weight is 417 g/mol. The summed E-state index contributed by atoms with van der Waals surface area (Å²) in [6, 6.07) is 11.1. The van der Waals surface area contributed by atoms with Gasteiger partial charge in [-0.3, -0.25) is 9.48 Å². The molecule has 0 radical (unpaired) electrons. The molecule has 3 rings (SSSR count). The van der Waals surface area contributed by atoms with Crippen LogP contribution in [0.25, 0.3) is 0 Å². The molecule has 0 saturated carbocycles. The highest BCUT2D eigenvalue weighted by molar-refractivity contribution is 7.89. The van der Waals surface area contributed by atoms with Gasteiger partial charge in [0.05, 0.1) is 16.9 Å². The van der Waals surface area contributed by atoms with Crippen LogP contribution in [0.2, 0.25) is 0 Å². The second kappa shape index (κ2) is 8.22. The third-order valence-electron chi connectivity index (χ3n) is 4.56. The third-order valence-corrected chi connectivity index (χ3v) is 6.39. The van der Waals surface area contributed by atoms with Crippen molar-refractivity contribution in [1.29, 1.82) is 0 Å². The fourth-order valence-electron chi connectivity index (χ4n) is 3.03. The normalized spacial score (nSPS) is 12.9. The van der Waals surface area contributed by atoms with Crippen molar-refractivity contribution in [2.24, 2.45) is 0 Å². The molecule has 1 aromatic carbocycles. The standard InChI is InChI=1S/C20H24N4O4S/c1-14-12-15(2)24(22-14)18(19-6-5-11-28-19)13-21-20(25)16-7-9-17(10-8-16)29(26,27)23(3)4/h5-12,18H,13H2,1-4H3,(H,21,25).